The Bertz CT molecular complexity index is 220. The highest BCUT2D eigenvalue weighted by atomic mass is 16.7. The Morgan fingerprint density at radius 2 is 1.88 bits per heavy atom. The van der Waals surface area contributed by atoms with E-state index in [1.54, 1.807) is 0 Å². The second-order valence-electron chi connectivity index (χ2n) is 5.91. The predicted molar refractivity (Wildman–Crippen MR) is 64.3 cm³/mol. The Morgan fingerprint density at radius 3 is 2.44 bits per heavy atom. The molecule has 3 heteroatoms. The minimum Gasteiger partial charge on any atom is -0.349 e. The van der Waals surface area contributed by atoms with Gasteiger partial charge in [0, 0.05) is 0 Å². The van der Waals surface area contributed by atoms with E-state index in [9.17, 15) is 0 Å². The van der Waals surface area contributed by atoms with E-state index in [1.807, 2.05) is 13.8 Å². The van der Waals surface area contributed by atoms with Crippen LogP contribution in [-0.2, 0) is 9.47 Å². The lowest BCUT2D eigenvalue weighted by Gasteiger charge is -2.35. The van der Waals surface area contributed by atoms with Crippen molar-refractivity contribution in [3.63, 3.8) is 0 Å². The van der Waals surface area contributed by atoms with Gasteiger partial charge in [-0.05, 0) is 45.1 Å². The zero-order valence-corrected chi connectivity index (χ0v) is 10.8. The summed E-state index contributed by atoms with van der Waals surface area (Å²) in [5.41, 5.74) is 0. The molecule has 2 fully saturated rings. The second-order valence-corrected chi connectivity index (χ2v) is 5.91. The summed E-state index contributed by atoms with van der Waals surface area (Å²) >= 11 is 0. The zero-order valence-electron chi connectivity index (χ0n) is 10.8. The monoisotopic (exact) mass is 227 g/mol. The first kappa shape index (κ1) is 12.3. The van der Waals surface area contributed by atoms with Crippen LogP contribution in [0.25, 0.3) is 0 Å². The van der Waals surface area contributed by atoms with Gasteiger partial charge in [-0.1, -0.05) is 13.3 Å². The van der Waals surface area contributed by atoms with Crippen LogP contribution in [0.2, 0.25) is 0 Å². The molecule has 0 radical (unpaired) electrons. The van der Waals surface area contributed by atoms with Crippen LogP contribution in [0.1, 0.15) is 40.0 Å². The molecule has 1 heterocycles. The average molecular weight is 227 g/mol. The van der Waals surface area contributed by atoms with Crippen molar-refractivity contribution in [2.45, 2.75) is 51.9 Å². The first-order valence-electron chi connectivity index (χ1n) is 6.56. The van der Waals surface area contributed by atoms with E-state index >= 15 is 0 Å². The van der Waals surface area contributed by atoms with Crippen LogP contribution in [0.15, 0.2) is 0 Å². The topological polar surface area (TPSA) is 30.5 Å². The molecule has 2 atom stereocenters. The van der Waals surface area contributed by atoms with Crippen molar-refractivity contribution in [3.8, 4) is 0 Å². The molecule has 0 amide bonds. The zero-order chi connectivity index (χ0) is 11.6. The SMILES string of the molecule is CC1CCC(CNC2COC(C)(C)OC2)C1. The Kier molecular flexibility index (Phi) is 3.88. The van der Waals surface area contributed by atoms with E-state index in [4.69, 9.17) is 9.47 Å². The van der Waals surface area contributed by atoms with Crippen LogP contribution >= 0.6 is 0 Å². The fraction of sp³-hybridized carbons (Fsp3) is 1.00. The highest BCUT2D eigenvalue weighted by Crippen LogP contribution is 2.29. The van der Waals surface area contributed by atoms with Crippen molar-refractivity contribution in [2.24, 2.45) is 11.8 Å². The highest BCUT2D eigenvalue weighted by Gasteiger charge is 2.29. The van der Waals surface area contributed by atoms with Gasteiger partial charge in [-0.3, -0.25) is 0 Å². The van der Waals surface area contributed by atoms with Crippen molar-refractivity contribution in [2.75, 3.05) is 19.8 Å². The van der Waals surface area contributed by atoms with Crippen molar-refractivity contribution in [1.29, 1.82) is 0 Å². The van der Waals surface area contributed by atoms with Crippen LogP contribution in [-0.4, -0.2) is 31.6 Å². The average Bonchev–Trinajstić information content (AvgIpc) is 2.63. The van der Waals surface area contributed by atoms with Crippen molar-refractivity contribution in [3.05, 3.63) is 0 Å². The maximum atomic E-state index is 5.63. The molecule has 94 valence electrons. The Hall–Kier alpha value is -0.120. The van der Waals surface area contributed by atoms with Gasteiger partial charge in [-0.25, -0.2) is 0 Å². The normalized spacial score (nSPS) is 35.4. The molecule has 1 aliphatic heterocycles. The van der Waals surface area contributed by atoms with Gasteiger partial charge in [0.1, 0.15) is 0 Å². The standard InChI is InChI=1S/C13H25NO2/c1-10-4-5-11(6-10)7-14-12-8-15-13(2,3)16-9-12/h10-12,14H,4-9H2,1-3H3. The Morgan fingerprint density at radius 1 is 1.19 bits per heavy atom. The molecule has 1 saturated heterocycles. The fourth-order valence-corrected chi connectivity index (χ4v) is 2.65. The lowest BCUT2D eigenvalue weighted by atomic mass is 10.1. The van der Waals surface area contributed by atoms with E-state index in [2.05, 4.69) is 12.2 Å². The lowest BCUT2D eigenvalue weighted by Crippen LogP contribution is -2.49. The number of ether oxygens (including phenoxy) is 2. The van der Waals surface area contributed by atoms with Crippen molar-refractivity contribution < 1.29 is 9.47 Å². The maximum absolute atomic E-state index is 5.63. The number of hydrogen-bond acceptors (Lipinski definition) is 3. The Labute approximate surface area is 98.9 Å². The smallest absolute Gasteiger partial charge is 0.162 e. The first-order chi connectivity index (χ1) is 7.55. The minimum atomic E-state index is -0.389. The summed E-state index contributed by atoms with van der Waals surface area (Å²) in [5, 5.41) is 3.57. The van der Waals surface area contributed by atoms with E-state index in [1.165, 1.54) is 19.3 Å². The van der Waals surface area contributed by atoms with Gasteiger partial charge >= 0.3 is 0 Å². The van der Waals surface area contributed by atoms with E-state index < -0.39 is 0 Å². The van der Waals surface area contributed by atoms with E-state index in [0.29, 0.717) is 6.04 Å². The molecule has 0 bridgehead atoms. The molecule has 0 spiro atoms. The molecule has 0 aromatic carbocycles. The fourth-order valence-electron chi connectivity index (χ4n) is 2.65. The van der Waals surface area contributed by atoms with E-state index in [0.717, 1.165) is 31.6 Å². The lowest BCUT2D eigenvalue weighted by molar-refractivity contribution is -0.253. The summed E-state index contributed by atoms with van der Waals surface area (Å²) in [6.07, 6.45) is 4.16. The van der Waals surface area contributed by atoms with Crippen molar-refractivity contribution in [1.82, 2.24) is 5.32 Å². The maximum Gasteiger partial charge on any atom is 0.162 e. The summed E-state index contributed by atoms with van der Waals surface area (Å²) in [6.45, 7) is 8.98. The third-order valence-corrected chi connectivity index (χ3v) is 3.76. The van der Waals surface area contributed by atoms with Gasteiger partial charge in [-0.2, -0.15) is 0 Å². The van der Waals surface area contributed by atoms with Crippen LogP contribution in [0.3, 0.4) is 0 Å². The van der Waals surface area contributed by atoms with Gasteiger partial charge in [0.05, 0.1) is 19.3 Å². The van der Waals surface area contributed by atoms with Gasteiger partial charge < -0.3 is 14.8 Å². The number of hydrogen-bond donors (Lipinski definition) is 1. The molecule has 1 saturated carbocycles. The van der Waals surface area contributed by atoms with Gasteiger partial charge in [0.15, 0.2) is 5.79 Å². The second kappa shape index (κ2) is 5.03. The summed E-state index contributed by atoms with van der Waals surface area (Å²) in [6, 6.07) is 0.379. The third kappa shape index (κ3) is 3.44. The molecule has 2 rings (SSSR count). The minimum absolute atomic E-state index is 0.379. The molecule has 0 aromatic heterocycles. The highest BCUT2D eigenvalue weighted by molar-refractivity contribution is 4.78. The van der Waals surface area contributed by atoms with Crippen molar-refractivity contribution >= 4 is 0 Å². The molecule has 1 N–H and O–H groups in total. The first-order valence-corrected chi connectivity index (χ1v) is 6.56. The van der Waals surface area contributed by atoms with Crippen LogP contribution in [0.5, 0.6) is 0 Å². The summed E-state index contributed by atoms with van der Waals surface area (Å²) in [4.78, 5) is 0. The summed E-state index contributed by atoms with van der Waals surface area (Å²) in [5.74, 6) is 1.40. The summed E-state index contributed by atoms with van der Waals surface area (Å²) in [7, 11) is 0. The van der Waals surface area contributed by atoms with Gasteiger partial charge in [0.2, 0.25) is 0 Å². The molecule has 0 aromatic rings. The number of nitrogens with one attached hydrogen (secondary N) is 1. The largest absolute Gasteiger partial charge is 0.349 e. The quantitative estimate of drug-likeness (QED) is 0.801. The van der Waals surface area contributed by atoms with Crippen LogP contribution in [0.4, 0.5) is 0 Å². The molecule has 2 aliphatic rings. The van der Waals surface area contributed by atoms with Gasteiger partial charge in [-0.15, -0.1) is 0 Å². The Balaban J connectivity index is 1.64. The summed E-state index contributed by atoms with van der Waals surface area (Å²) < 4.78 is 11.3. The van der Waals surface area contributed by atoms with E-state index in [-0.39, 0.29) is 5.79 Å². The molecule has 2 unspecified atom stereocenters. The molecular weight excluding hydrogens is 202 g/mol. The van der Waals surface area contributed by atoms with Crippen LogP contribution in [0, 0.1) is 11.8 Å². The molecular formula is C13H25NO2. The molecule has 3 nitrogen and oxygen atoms in total. The molecule has 16 heavy (non-hydrogen) atoms. The van der Waals surface area contributed by atoms with Crippen LogP contribution < -0.4 is 5.32 Å². The van der Waals surface area contributed by atoms with Gasteiger partial charge in [0.25, 0.3) is 0 Å². The molecule has 1 aliphatic carbocycles. The third-order valence-electron chi connectivity index (χ3n) is 3.76. The predicted octanol–water partition coefficient (Wildman–Crippen LogP) is 2.16. The number of rotatable bonds is 3.